The summed E-state index contributed by atoms with van der Waals surface area (Å²) in [6, 6.07) is 15.9. The minimum atomic E-state index is -4.26. The number of halogens is 4. The molecule has 0 fully saturated rings. The van der Waals surface area contributed by atoms with Gasteiger partial charge in [-0.3, -0.25) is 13.9 Å². The van der Waals surface area contributed by atoms with Crippen molar-refractivity contribution in [3.8, 4) is 0 Å². The van der Waals surface area contributed by atoms with E-state index in [0.717, 1.165) is 4.31 Å². The molecule has 0 heterocycles. The second-order valence-electron chi connectivity index (χ2n) is 9.74. The van der Waals surface area contributed by atoms with Gasteiger partial charge in [-0.05, 0) is 60.4 Å². The van der Waals surface area contributed by atoms with Crippen molar-refractivity contribution in [3.05, 3.63) is 92.4 Å². The molecule has 0 aliphatic heterocycles. The van der Waals surface area contributed by atoms with E-state index >= 15 is 0 Å². The Balaban J connectivity index is 2.09. The summed E-state index contributed by atoms with van der Waals surface area (Å²) in [5, 5.41) is 3.94. The fourth-order valence-corrected chi connectivity index (χ4v) is 6.57. The largest absolute Gasteiger partial charge is 0.354 e. The van der Waals surface area contributed by atoms with E-state index in [1.165, 1.54) is 35.2 Å². The Morgan fingerprint density at radius 3 is 2.05 bits per heavy atom. The summed E-state index contributed by atoms with van der Waals surface area (Å²) < 4.78 is 28.7. The standard InChI is InChI=1S/C29H31Cl4N3O4S/c1-4-26(29(38)34-16-19(2)3)35(17-20-10-11-21(30)14-24(20)32)28(37)18-36(27-13-12-22(31)15-25(27)33)41(39,40)23-8-6-5-7-9-23/h5-15,19,26H,4,16-18H2,1-3H3,(H,34,38)/t26-/m0/s1. The molecule has 0 radical (unpaired) electrons. The zero-order valence-corrected chi connectivity index (χ0v) is 26.6. The minimum Gasteiger partial charge on any atom is -0.354 e. The lowest BCUT2D eigenvalue weighted by Crippen LogP contribution is -2.52. The maximum Gasteiger partial charge on any atom is 0.264 e. The van der Waals surface area contributed by atoms with Gasteiger partial charge in [-0.1, -0.05) is 91.4 Å². The molecule has 0 spiro atoms. The molecule has 3 rings (SSSR count). The zero-order valence-electron chi connectivity index (χ0n) is 22.8. The molecule has 41 heavy (non-hydrogen) atoms. The van der Waals surface area contributed by atoms with Crippen molar-refractivity contribution in [1.82, 2.24) is 10.2 Å². The molecule has 0 aliphatic rings. The molecule has 1 N–H and O–H groups in total. The van der Waals surface area contributed by atoms with Gasteiger partial charge in [0.2, 0.25) is 11.8 Å². The van der Waals surface area contributed by atoms with Crippen LogP contribution in [-0.2, 0) is 26.2 Å². The van der Waals surface area contributed by atoms with Gasteiger partial charge in [-0.25, -0.2) is 8.42 Å². The Morgan fingerprint density at radius 2 is 1.49 bits per heavy atom. The average molecular weight is 659 g/mol. The van der Waals surface area contributed by atoms with Gasteiger partial charge in [-0.15, -0.1) is 0 Å². The average Bonchev–Trinajstić information content (AvgIpc) is 2.92. The molecule has 0 bridgehead atoms. The first-order valence-electron chi connectivity index (χ1n) is 12.9. The summed E-state index contributed by atoms with van der Waals surface area (Å²) in [6.45, 7) is 5.40. The van der Waals surface area contributed by atoms with Crippen LogP contribution in [0, 0.1) is 5.92 Å². The molecular formula is C29H31Cl4N3O4S. The van der Waals surface area contributed by atoms with Gasteiger partial charge in [-0.2, -0.15) is 0 Å². The van der Waals surface area contributed by atoms with E-state index in [2.05, 4.69) is 5.32 Å². The van der Waals surface area contributed by atoms with Gasteiger partial charge in [0.25, 0.3) is 10.0 Å². The second kappa shape index (κ2) is 14.6. The van der Waals surface area contributed by atoms with Crippen LogP contribution >= 0.6 is 46.4 Å². The lowest BCUT2D eigenvalue weighted by Gasteiger charge is -2.33. The summed E-state index contributed by atoms with van der Waals surface area (Å²) in [7, 11) is -4.26. The molecule has 0 aliphatic carbocycles. The van der Waals surface area contributed by atoms with Crippen LogP contribution in [0.15, 0.2) is 71.6 Å². The number of carbonyl (C=O) groups is 2. The number of rotatable bonds is 12. The van der Waals surface area contributed by atoms with Crippen LogP contribution in [0.25, 0.3) is 0 Å². The maximum absolute atomic E-state index is 14.1. The van der Waals surface area contributed by atoms with Crippen LogP contribution in [0.3, 0.4) is 0 Å². The quantitative estimate of drug-likeness (QED) is 0.225. The third kappa shape index (κ3) is 8.52. The molecule has 220 valence electrons. The van der Waals surface area contributed by atoms with Gasteiger partial charge in [0.1, 0.15) is 12.6 Å². The Morgan fingerprint density at radius 1 is 0.878 bits per heavy atom. The number of hydrogen-bond donors (Lipinski definition) is 1. The van der Waals surface area contributed by atoms with Crippen molar-refractivity contribution >= 4 is 73.9 Å². The second-order valence-corrected chi connectivity index (χ2v) is 13.3. The van der Waals surface area contributed by atoms with Gasteiger partial charge in [0.15, 0.2) is 0 Å². The highest BCUT2D eigenvalue weighted by molar-refractivity contribution is 7.92. The van der Waals surface area contributed by atoms with Crippen LogP contribution in [0.1, 0.15) is 32.8 Å². The van der Waals surface area contributed by atoms with E-state index < -0.39 is 28.5 Å². The maximum atomic E-state index is 14.1. The predicted molar refractivity (Wildman–Crippen MR) is 166 cm³/mol. The first-order chi connectivity index (χ1) is 19.3. The smallest absolute Gasteiger partial charge is 0.264 e. The number of benzene rings is 3. The number of amides is 2. The van der Waals surface area contributed by atoms with E-state index in [-0.39, 0.29) is 40.4 Å². The monoisotopic (exact) mass is 657 g/mol. The van der Waals surface area contributed by atoms with Crippen molar-refractivity contribution in [2.24, 2.45) is 5.92 Å². The molecule has 0 aromatic heterocycles. The third-order valence-electron chi connectivity index (χ3n) is 6.21. The molecule has 1 atom stereocenters. The SMILES string of the molecule is CC[C@@H](C(=O)NCC(C)C)N(Cc1ccc(Cl)cc1Cl)C(=O)CN(c1ccc(Cl)cc1Cl)S(=O)(=O)c1ccccc1. The summed E-state index contributed by atoms with van der Waals surface area (Å²) in [6.07, 6.45) is 0.272. The van der Waals surface area contributed by atoms with Crippen molar-refractivity contribution < 1.29 is 18.0 Å². The van der Waals surface area contributed by atoms with Crippen LogP contribution in [0.2, 0.25) is 20.1 Å². The fraction of sp³-hybridized carbons (Fsp3) is 0.310. The first kappa shape index (κ1) is 33.0. The van der Waals surface area contributed by atoms with E-state index in [1.807, 2.05) is 13.8 Å². The summed E-state index contributed by atoms with van der Waals surface area (Å²) in [4.78, 5) is 28.7. The normalized spacial score (nSPS) is 12.2. The highest BCUT2D eigenvalue weighted by Gasteiger charge is 2.34. The first-order valence-corrected chi connectivity index (χ1v) is 15.8. The Kier molecular flexibility index (Phi) is 11.8. The Labute approximate surface area is 261 Å². The fourth-order valence-electron chi connectivity index (χ4n) is 4.09. The molecule has 2 amide bonds. The van der Waals surface area contributed by atoms with Gasteiger partial charge in [0.05, 0.1) is 15.6 Å². The van der Waals surface area contributed by atoms with Crippen LogP contribution in [-0.4, -0.2) is 44.3 Å². The van der Waals surface area contributed by atoms with Gasteiger partial charge < -0.3 is 10.2 Å². The van der Waals surface area contributed by atoms with E-state index in [0.29, 0.717) is 27.2 Å². The number of nitrogens with one attached hydrogen (secondary N) is 1. The number of anilines is 1. The molecule has 0 saturated carbocycles. The number of hydrogen-bond acceptors (Lipinski definition) is 4. The summed E-state index contributed by atoms with van der Waals surface area (Å²) in [5.41, 5.74) is 0.608. The van der Waals surface area contributed by atoms with Gasteiger partial charge in [0, 0.05) is 28.2 Å². The highest BCUT2D eigenvalue weighted by atomic mass is 35.5. The Hall–Kier alpha value is -2.49. The van der Waals surface area contributed by atoms with E-state index in [9.17, 15) is 18.0 Å². The number of nitrogens with zero attached hydrogens (tertiary/aromatic N) is 2. The van der Waals surface area contributed by atoms with Gasteiger partial charge >= 0.3 is 0 Å². The molecular weight excluding hydrogens is 628 g/mol. The lowest BCUT2D eigenvalue weighted by atomic mass is 10.1. The van der Waals surface area contributed by atoms with Crippen molar-refractivity contribution in [1.29, 1.82) is 0 Å². The van der Waals surface area contributed by atoms with Crippen LogP contribution in [0.5, 0.6) is 0 Å². The van der Waals surface area contributed by atoms with Crippen LogP contribution < -0.4 is 9.62 Å². The van der Waals surface area contributed by atoms with E-state index in [4.69, 9.17) is 46.4 Å². The number of sulfonamides is 1. The van der Waals surface area contributed by atoms with E-state index in [1.54, 1.807) is 43.3 Å². The Bertz CT molecular complexity index is 1490. The third-order valence-corrected chi connectivity index (χ3v) is 9.11. The predicted octanol–water partition coefficient (Wildman–Crippen LogP) is 7.08. The summed E-state index contributed by atoms with van der Waals surface area (Å²) >= 11 is 25.0. The minimum absolute atomic E-state index is 0.0344. The molecule has 3 aromatic carbocycles. The number of carbonyl (C=O) groups excluding carboxylic acids is 2. The lowest BCUT2D eigenvalue weighted by molar-refractivity contribution is -0.140. The summed E-state index contributed by atoms with van der Waals surface area (Å²) in [5.74, 6) is -0.806. The highest BCUT2D eigenvalue weighted by Crippen LogP contribution is 2.33. The molecule has 12 heteroatoms. The van der Waals surface area contributed by atoms with Crippen molar-refractivity contribution in [2.45, 2.75) is 44.7 Å². The molecule has 0 saturated heterocycles. The van der Waals surface area contributed by atoms with Crippen molar-refractivity contribution in [3.63, 3.8) is 0 Å². The molecule has 7 nitrogen and oxygen atoms in total. The molecule has 3 aromatic rings. The topological polar surface area (TPSA) is 86.8 Å². The van der Waals surface area contributed by atoms with Crippen molar-refractivity contribution in [2.75, 3.05) is 17.4 Å². The zero-order chi connectivity index (χ0) is 30.3. The molecule has 0 unspecified atom stereocenters. The van der Waals surface area contributed by atoms with Crippen LogP contribution in [0.4, 0.5) is 5.69 Å².